The normalized spacial score (nSPS) is 12.1. The van der Waals surface area contributed by atoms with Crippen molar-refractivity contribution in [3.05, 3.63) is 58.6 Å². The topological polar surface area (TPSA) is 67.2 Å². The molecule has 0 fully saturated rings. The van der Waals surface area contributed by atoms with Gasteiger partial charge in [0.05, 0.1) is 11.1 Å². The van der Waals surface area contributed by atoms with Crippen LogP contribution in [0.4, 0.5) is 24.5 Å². The lowest BCUT2D eigenvalue weighted by Crippen LogP contribution is -2.49. The number of nitrogen functional groups attached to an aromatic ring is 1. The fraction of sp³-hybridized carbons (Fsp3) is 0.278. The van der Waals surface area contributed by atoms with E-state index < -0.39 is 28.9 Å². The first kappa shape index (κ1) is 20.1. The summed E-state index contributed by atoms with van der Waals surface area (Å²) in [5.74, 6) is -0.484. The van der Waals surface area contributed by atoms with Crippen molar-refractivity contribution >= 4 is 28.9 Å². The number of carbonyl (C=O) groups is 1. The Labute approximate surface area is 154 Å². The van der Waals surface area contributed by atoms with Gasteiger partial charge in [0, 0.05) is 22.9 Å². The number of hydrogen-bond donors (Lipinski definition) is 3. The highest BCUT2D eigenvalue weighted by molar-refractivity contribution is 6.31. The lowest BCUT2D eigenvalue weighted by atomic mass is 10.0. The highest BCUT2D eigenvalue weighted by atomic mass is 35.5. The van der Waals surface area contributed by atoms with Gasteiger partial charge in [-0.25, -0.2) is 0 Å². The minimum Gasteiger partial charge on any atom is -0.398 e. The average molecular weight is 386 g/mol. The molecular weight excluding hydrogens is 367 g/mol. The maximum atomic E-state index is 12.9. The summed E-state index contributed by atoms with van der Waals surface area (Å²) < 4.78 is 38.8. The lowest BCUT2D eigenvalue weighted by molar-refractivity contribution is -0.137. The molecule has 1 amide bonds. The summed E-state index contributed by atoms with van der Waals surface area (Å²) in [6, 6.07) is 10.4. The van der Waals surface area contributed by atoms with Crippen LogP contribution in [0, 0.1) is 0 Å². The van der Waals surface area contributed by atoms with Crippen LogP contribution in [0.15, 0.2) is 42.5 Å². The molecule has 0 unspecified atom stereocenters. The zero-order valence-electron chi connectivity index (χ0n) is 14.2. The van der Waals surface area contributed by atoms with E-state index in [-0.39, 0.29) is 5.69 Å². The Morgan fingerprint density at radius 2 is 1.81 bits per heavy atom. The summed E-state index contributed by atoms with van der Waals surface area (Å²) in [5, 5.41) is 6.09. The van der Waals surface area contributed by atoms with Crippen molar-refractivity contribution in [1.29, 1.82) is 0 Å². The lowest BCUT2D eigenvalue weighted by Gasteiger charge is -2.26. The highest BCUT2D eigenvalue weighted by Crippen LogP contribution is 2.35. The number of anilines is 2. The Morgan fingerprint density at radius 1 is 1.15 bits per heavy atom. The largest absolute Gasteiger partial charge is 0.418 e. The molecule has 4 nitrogen and oxygen atoms in total. The summed E-state index contributed by atoms with van der Waals surface area (Å²) in [7, 11) is 0. The van der Waals surface area contributed by atoms with Gasteiger partial charge in [0.1, 0.15) is 0 Å². The van der Waals surface area contributed by atoms with E-state index in [0.717, 1.165) is 17.7 Å². The fourth-order valence-corrected chi connectivity index (χ4v) is 2.41. The van der Waals surface area contributed by atoms with E-state index in [0.29, 0.717) is 11.6 Å². The fourth-order valence-electron chi connectivity index (χ4n) is 2.21. The molecule has 0 saturated carbocycles. The number of nitrogens with one attached hydrogen (secondary N) is 2. The number of rotatable bonds is 5. The third-order valence-corrected chi connectivity index (χ3v) is 4.23. The first-order valence-corrected chi connectivity index (χ1v) is 8.15. The number of alkyl halides is 3. The van der Waals surface area contributed by atoms with E-state index in [4.69, 9.17) is 17.3 Å². The number of amides is 1. The van der Waals surface area contributed by atoms with E-state index >= 15 is 0 Å². The van der Waals surface area contributed by atoms with Crippen molar-refractivity contribution in [3.8, 4) is 0 Å². The molecular formula is C18H19ClF3N3O. The maximum Gasteiger partial charge on any atom is 0.418 e. The second-order valence-corrected chi connectivity index (χ2v) is 6.73. The summed E-state index contributed by atoms with van der Waals surface area (Å²) in [6.07, 6.45) is -4.59. The first-order chi connectivity index (χ1) is 12.0. The molecule has 0 aliphatic heterocycles. The minimum absolute atomic E-state index is 0.0177. The van der Waals surface area contributed by atoms with Crippen molar-refractivity contribution in [2.75, 3.05) is 11.1 Å². The Hall–Kier alpha value is -2.25. The number of halogens is 4. The number of carbonyl (C=O) groups excluding carboxylic acids is 1. The first-order valence-electron chi connectivity index (χ1n) is 7.77. The van der Waals surface area contributed by atoms with Crippen molar-refractivity contribution in [2.24, 2.45) is 0 Å². The number of nitrogens with two attached hydrogens (primary N) is 1. The summed E-state index contributed by atoms with van der Waals surface area (Å²) in [5.41, 5.74) is 3.76. The average Bonchev–Trinajstić information content (AvgIpc) is 2.55. The van der Waals surface area contributed by atoms with Gasteiger partial charge in [0.25, 0.3) is 0 Å². The third-order valence-electron chi connectivity index (χ3n) is 3.86. The molecule has 0 radical (unpaired) electrons. The quantitative estimate of drug-likeness (QED) is 0.666. The molecule has 0 atom stereocenters. The van der Waals surface area contributed by atoms with Crippen LogP contribution in [0.1, 0.15) is 25.0 Å². The second-order valence-electron chi connectivity index (χ2n) is 6.32. The van der Waals surface area contributed by atoms with Crippen molar-refractivity contribution < 1.29 is 18.0 Å². The van der Waals surface area contributed by atoms with E-state index in [9.17, 15) is 18.0 Å². The molecule has 0 spiro atoms. The second kappa shape index (κ2) is 7.55. The van der Waals surface area contributed by atoms with Crippen molar-refractivity contribution in [3.63, 3.8) is 0 Å². The SMILES string of the molecule is CC(C)(NCc1ccccc1Cl)C(=O)Nc1ccc(N)c(C(F)(F)F)c1. The Bertz CT molecular complexity index is 807. The monoisotopic (exact) mass is 385 g/mol. The summed E-state index contributed by atoms with van der Waals surface area (Å²) >= 11 is 6.08. The van der Waals surface area contributed by atoms with Gasteiger partial charge in [-0.1, -0.05) is 29.8 Å². The smallest absolute Gasteiger partial charge is 0.398 e. The van der Waals surface area contributed by atoms with Gasteiger partial charge >= 0.3 is 6.18 Å². The van der Waals surface area contributed by atoms with Gasteiger partial charge in [0.2, 0.25) is 5.91 Å². The molecule has 0 aliphatic rings. The molecule has 0 aromatic heterocycles. The maximum absolute atomic E-state index is 12.9. The van der Waals surface area contributed by atoms with E-state index in [1.165, 1.54) is 6.07 Å². The van der Waals surface area contributed by atoms with Crippen LogP contribution in [0.25, 0.3) is 0 Å². The van der Waals surface area contributed by atoms with E-state index in [1.807, 2.05) is 12.1 Å². The zero-order valence-corrected chi connectivity index (χ0v) is 15.0. The standard InChI is InChI=1S/C18H19ClF3N3O/c1-17(2,24-10-11-5-3-4-6-14(11)19)16(26)25-12-7-8-15(23)13(9-12)18(20,21)22/h3-9,24H,10,23H2,1-2H3,(H,25,26). The highest BCUT2D eigenvalue weighted by Gasteiger charge is 2.34. The van der Waals surface area contributed by atoms with Crippen molar-refractivity contribution in [2.45, 2.75) is 32.1 Å². The van der Waals surface area contributed by atoms with E-state index in [1.54, 1.807) is 26.0 Å². The molecule has 140 valence electrons. The van der Waals surface area contributed by atoms with Gasteiger partial charge in [-0.05, 0) is 43.7 Å². The summed E-state index contributed by atoms with van der Waals surface area (Å²) in [6.45, 7) is 3.58. The van der Waals surface area contributed by atoms with Crippen molar-refractivity contribution in [1.82, 2.24) is 5.32 Å². The summed E-state index contributed by atoms with van der Waals surface area (Å²) in [4.78, 5) is 12.5. The molecule has 0 saturated heterocycles. The molecule has 8 heteroatoms. The molecule has 0 bridgehead atoms. The number of hydrogen-bond acceptors (Lipinski definition) is 3. The third kappa shape index (κ3) is 4.89. The van der Waals surface area contributed by atoms with Crippen LogP contribution in [0.5, 0.6) is 0 Å². The van der Waals surface area contributed by atoms with Crippen LogP contribution in [0.3, 0.4) is 0 Å². The zero-order chi connectivity index (χ0) is 19.5. The molecule has 4 N–H and O–H groups in total. The minimum atomic E-state index is -4.59. The van der Waals surface area contributed by atoms with Crippen LogP contribution >= 0.6 is 11.6 Å². The molecule has 2 aromatic carbocycles. The van der Waals surface area contributed by atoms with Gasteiger partial charge in [-0.3, -0.25) is 10.1 Å². The Kier molecular flexibility index (Phi) is 5.83. The van der Waals surface area contributed by atoms with Crippen LogP contribution in [-0.2, 0) is 17.5 Å². The van der Waals surface area contributed by atoms with Gasteiger partial charge in [-0.15, -0.1) is 0 Å². The predicted octanol–water partition coefficient (Wildman–Crippen LogP) is 4.45. The predicted molar refractivity (Wildman–Crippen MR) is 96.9 cm³/mol. The molecule has 0 heterocycles. The van der Waals surface area contributed by atoms with E-state index in [2.05, 4.69) is 10.6 Å². The van der Waals surface area contributed by atoms with Gasteiger partial charge in [-0.2, -0.15) is 13.2 Å². The molecule has 26 heavy (non-hydrogen) atoms. The van der Waals surface area contributed by atoms with Crippen LogP contribution in [-0.4, -0.2) is 11.4 Å². The van der Waals surface area contributed by atoms with Gasteiger partial charge < -0.3 is 11.1 Å². The number of benzene rings is 2. The Morgan fingerprint density at radius 3 is 2.42 bits per heavy atom. The van der Waals surface area contributed by atoms with Crippen LogP contribution in [0.2, 0.25) is 5.02 Å². The molecule has 2 rings (SSSR count). The van der Waals surface area contributed by atoms with Crippen LogP contribution < -0.4 is 16.4 Å². The molecule has 2 aromatic rings. The van der Waals surface area contributed by atoms with Gasteiger partial charge in [0.15, 0.2) is 0 Å². The Balaban J connectivity index is 2.09. The molecule has 0 aliphatic carbocycles.